The molecule has 2 aromatic rings. The summed E-state index contributed by atoms with van der Waals surface area (Å²) in [7, 11) is -3.62. The maximum absolute atomic E-state index is 12.5. The van der Waals surface area contributed by atoms with Crippen LogP contribution in [0.2, 0.25) is 5.02 Å². The number of carbonyl (C=O) groups is 2. The second-order valence-corrected chi connectivity index (χ2v) is 8.39. The van der Waals surface area contributed by atoms with Crippen LogP contribution in [-0.2, 0) is 19.6 Å². The van der Waals surface area contributed by atoms with Crippen LogP contribution >= 0.6 is 11.6 Å². The Hall–Kier alpha value is -2.49. The smallest absolute Gasteiger partial charge is 0.338 e. The van der Waals surface area contributed by atoms with Crippen molar-refractivity contribution in [2.45, 2.75) is 31.8 Å². The monoisotopic (exact) mass is 439 g/mol. The van der Waals surface area contributed by atoms with Crippen molar-refractivity contribution in [1.82, 2.24) is 9.29 Å². The molecule has 1 aromatic heterocycles. The van der Waals surface area contributed by atoms with Gasteiger partial charge >= 0.3 is 5.97 Å². The normalized spacial score (nSPS) is 12.4. The molecule has 10 heteroatoms. The van der Waals surface area contributed by atoms with Crippen molar-refractivity contribution < 1.29 is 22.7 Å². The molecule has 29 heavy (non-hydrogen) atoms. The van der Waals surface area contributed by atoms with Crippen molar-refractivity contribution in [3.63, 3.8) is 0 Å². The minimum absolute atomic E-state index is 0.0809. The topological polar surface area (TPSA) is 106 Å². The third-order valence-corrected chi connectivity index (χ3v) is 6.35. The molecule has 0 saturated carbocycles. The van der Waals surface area contributed by atoms with Crippen LogP contribution in [-0.4, -0.2) is 48.8 Å². The van der Waals surface area contributed by atoms with E-state index in [-0.39, 0.29) is 16.3 Å². The Morgan fingerprint density at radius 2 is 1.76 bits per heavy atom. The number of carbonyl (C=O) groups excluding carboxylic acids is 2. The molecule has 2 rings (SSSR count). The SMILES string of the molecule is CCN(CC)S(=O)(=O)c1ccc(C(=O)O[C@H](C)C(=O)Nc2ccc(Cl)cn2)cc1. The number of esters is 1. The molecule has 0 unspecified atom stereocenters. The van der Waals surface area contributed by atoms with Crippen molar-refractivity contribution in [2.75, 3.05) is 18.4 Å². The first-order chi connectivity index (χ1) is 13.7. The van der Waals surface area contributed by atoms with Gasteiger partial charge in [0, 0.05) is 19.3 Å². The van der Waals surface area contributed by atoms with Crippen molar-refractivity contribution in [2.24, 2.45) is 0 Å². The van der Waals surface area contributed by atoms with Crippen molar-refractivity contribution >= 4 is 39.3 Å². The summed E-state index contributed by atoms with van der Waals surface area (Å²) < 4.78 is 31.4. The Kier molecular flexibility index (Phi) is 7.72. The van der Waals surface area contributed by atoms with Gasteiger partial charge in [-0.05, 0) is 43.3 Å². The molecule has 1 heterocycles. The van der Waals surface area contributed by atoms with E-state index < -0.39 is 28.0 Å². The number of ether oxygens (including phenoxy) is 1. The highest BCUT2D eigenvalue weighted by molar-refractivity contribution is 7.89. The Labute approximate surface area is 174 Å². The zero-order valence-electron chi connectivity index (χ0n) is 16.3. The van der Waals surface area contributed by atoms with Crippen LogP contribution in [0.5, 0.6) is 0 Å². The van der Waals surface area contributed by atoms with Crippen LogP contribution in [0.15, 0.2) is 47.5 Å². The number of halogens is 1. The lowest BCUT2D eigenvalue weighted by atomic mass is 10.2. The largest absolute Gasteiger partial charge is 0.449 e. The van der Waals surface area contributed by atoms with Gasteiger partial charge in [0.25, 0.3) is 5.91 Å². The van der Waals surface area contributed by atoms with Crippen LogP contribution in [0.25, 0.3) is 0 Å². The lowest BCUT2D eigenvalue weighted by Gasteiger charge is -2.18. The molecule has 0 bridgehead atoms. The van der Waals surface area contributed by atoms with Gasteiger partial charge in [-0.15, -0.1) is 0 Å². The standard InChI is InChI=1S/C19H22ClN3O5S/c1-4-23(5-2)29(26,27)16-9-6-14(7-10-16)19(25)28-13(3)18(24)22-17-11-8-15(20)12-21-17/h6-13H,4-5H2,1-3H3,(H,21,22,24)/t13-/m1/s1. The number of anilines is 1. The predicted octanol–water partition coefficient (Wildman–Crippen LogP) is 2.95. The Bertz CT molecular complexity index is 958. The molecule has 0 saturated heterocycles. The number of rotatable bonds is 8. The molecule has 0 aliphatic heterocycles. The number of hydrogen-bond donors (Lipinski definition) is 1. The van der Waals surface area contributed by atoms with Gasteiger partial charge in [0.15, 0.2) is 6.10 Å². The lowest BCUT2D eigenvalue weighted by molar-refractivity contribution is -0.123. The quantitative estimate of drug-likeness (QED) is 0.634. The first-order valence-corrected chi connectivity index (χ1v) is 10.7. The number of hydrogen-bond acceptors (Lipinski definition) is 6. The van der Waals surface area contributed by atoms with Crippen LogP contribution < -0.4 is 5.32 Å². The molecule has 0 radical (unpaired) electrons. The Morgan fingerprint density at radius 1 is 1.14 bits per heavy atom. The molecule has 1 atom stereocenters. The highest BCUT2D eigenvalue weighted by Crippen LogP contribution is 2.17. The number of benzene rings is 1. The number of nitrogens with zero attached hydrogens (tertiary/aromatic N) is 2. The molecule has 0 aliphatic rings. The highest BCUT2D eigenvalue weighted by Gasteiger charge is 2.23. The molecule has 8 nitrogen and oxygen atoms in total. The van der Waals surface area contributed by atoms with Gasteiger partial charge in [-0.2, -0.15) is 4.31 Å². The average Bonchev–Trinajstić information content (AvgIpc) is 2.70. The van der Waals surface area contributed by atoms with Crippen molar-refractivity contribution in [3.05, 3.63) is 53.2 Å². The van der Waals surface area contributed by atoms with Crippen LogP contribution in [0.1, 0.15) is 31.1 Å². The summed E-state index contributed by atoms with van der Waals surface area (Å²) in [4.78, 5) is 28.4. The number of aromatic nitrogens is 1. The molecule has 1 N–H and O–H groups in total. The van der Waals surface area contributed by atoms with E-state index in [0.29, 0.717) is 18.1 Å². The fourth-order valence-corrected chi connectivity index (χ4v) is 4.01. The Balaban J connectivity index is 2.03. The number of sulfonamides is 1. The van der Waals surface area contributed by atoms with E-state index >= 15 is 0 Å². The molecule has 0 aliphatic carbocycles. The van der Waals surface area contributed by atoms with E-state index in [1.54, 1.807) is 19.9 Å². The molecular formula is C19H22ClN3O5S. The molecular weight excluding hydrogens is 418 g/mol. The number of pyridine rings is 1. The average molecular weight is 440 g/mol. The molecule has 1 amide bonds. The third kappa shape index (κ3) is 5.75. The van der Waals surface area contributed by atoms with E-state index in [9.17, 15) is 18.0 Å². The van der Waals surface area contributed by atoms with Gasteiger partial charge in [0.05, 0.1) is 15.5 Å². The van der Waals surface area contributed by atoms with Gasteiger partial charge in [-0.1, -0.05) is 25.4 Å². The highest BCUT2D eigenvalue weighted by atomic mass is 35.5. The minimum Gasteiger partial charge on any atom is -0.449 e. The van der Waals surface area contributed by atoms with E-state index in [1.807, 2.05) is 0 Å². The van der Waals surface area contributed by atoms with Gasteiger partial charge < -0.3 is 10.1 Å². The predicted molar refractivity (Wildman–Crippen MR) is 109 cm³/mol. The van der Waals surface area contributed by atoms with Gasteiger partial charge in [0.1, 0.15) is 5.82 Å². The number of amides is 1. The minimum atomic E-state index is -3.62. The van der Waals surface area contributed by atoms with Crippen molar-refractivity contribution in [3.8, 4) is 0 Å². The maximum atomic E-state index is 12.5. The fourth-order valence-electron chi connectivity index (χ4n) is 2.44. The summed E-state index contributed by atoms with van der Waals surface area (Å²) in [5.41, 5.74) is 0.132. The van der Waals surface area contributed by atoms with Gasteiger partial charge in [0.2, 0.25) is 10.0 Å². The van der Waals surface area contributed by atoms with Gasteiger partial charge in [-0.25, -0.2) is 18.2 Å². The molecule has 0 spiro atoms. The summed E-state index contributed by atoms with van der Waals surface area (Å²) in [5, 5.41) is 2.93. The summed E-state index contributed by atoms with van der Waals surface area (Å²) >= 11 is 5.74. The zero-order chi connectivity index (χ0) is 21.6. The zero-order valence-corrected chi connectivity index (χ0v) is 17.8. The van der Waals surface area contributed by atoms with Crippen LogP contribution in [0.4, 0.5) is 5.82 Å². The molecule has 1 aromatic carbocycles. The molecule has 0 fully saturated rings. The summed E-state index contributed by atoms with van der Waals surface area (Å²) in [5.74, 6) is -1.04. The van der Waals surface area contributed by atoms with E-state index in [2.05, 4.69) is 10.3 Å². The molecule has 156 valence electrons. The third-order valence-electron chi connectivity index (χ3n) is 4.06. The van der Waals surface area contributed by atoms with E-state index in [1.165, 1.54) is 47.8 Å². The summed E-state index contributed by atoms with van der Waals surface area (Å²) in [6.07, 6.45) is 0.292. The lowest BCUT2D eigenvalue weighted by Crippen LogP contribution is -2.31. The van der Waals surface area contributed by atoms with E-state index in [0.717, 1.165) is 0 Å². The maximum Gasteiger partial charge on any atom is 0.338 e. The van der Waals surface area contributed by atoms with Crippen LogP contribution in [0, 0.1) is 0 Å². The van der Waals surface area contributed by atoms with Crippen molar-refractivity contribution in [1.29, 1.82) is 0 Å². The summed E-state index contributed by atoms with van der Waals surface area (Å²) in [6.45, 7) is 5.61. The Morgan fingerprint density at radius 3 is 2.28 bits per heavy atom. The van der Waals surface area contributed by atoms with E-state index in [4.69, 9.17) is 16.3 Å². The first kappa shape index (κ1) is 22.8. The second kappa shape index (κ2) is 9.82. The van der Waals surface area contributed by atoms with Crippen LogP contribution in [0.3, 0.4) is 0 Å². The first-order valence-electron chi connectivity index (χ1n) is 8.92. The summed E-state index contributed by atoms with van der Waals surface area (Å²) in [6, 6.07) is 8.46. The number of nitrogens with one attached hydrogen (secondary N) is 1. The second-order valence-electron chi connectivity index (χ2n) is 6.01. The van der Waals surface area contributed by atoms with Gasteiger partial charge in [-0.3, -0.25) is 4.79 Å². The fraction of sp³-hybridized carbons (Fsp3) is 0.316.